The van der Waals surface area contributed by atoms with Crippen molar-refractivity contribution in [3.63, 3.8) is 0 Å². The largest absolute Gasteiger partial charge is 0.351 e. The molecule has 1 aliphatic rings. The lowest BCUT2D eigenvalue weighted by Gasteiger charge is -2.32. The summed E-state index contributed by atoms with van der Waals surface area (Å²) in [7, 11) is 3.03. The standard InChI is InChI=1S/C22H25FN4O3S/c1-25-20(29)16-11-18(31-21(16)26(2)22(25)30)19(28)24-12-14-7-9-27(10-8-14)13-15-5-3-4-6-17(15)23/h3-6,11,14H,7-10,12-13H2,1-2H3,(H,24,28). The number of benzene rings is 1. The van der Waals surface area contributed by atoms with Gasteiger partial charge in [-0.1, -0.05) is 18.2 Å². The number of halogens is 1. The molecule has 0 saturated carbocycles. The summed E-state index contributed by atoms with van der Waals surface area (Å²) in [6.45, 7) is 2.87. The fourth-order valence-electron chi connectivity index (χ4n) is 4.02. The van der Waals surface area contributed by atoms with Gasteiger partial charge in [-0.2, -0.15) is 0 Å². The molecular weight excluding hydrogens is 419 g/mol. The van der Waals surface area contributed by atoms with Crippen LogP contribution in [0.4, 0.5) is 4.39 Å². The summed E-state index contributed by atoms with van der Waals surface area (Å²) < 4.78 is 16.3. The summed E-state index contributed by atoms with van der Waals surface area (Å²) in [5, 5.41) is 3.34. The van der Waals surface area contributed by atoms with Crippen molar-refractivity contribution >= 4 is 27.5 Å². The number of rotatable bonds is 5. The van der Waals surface area contributed by atoms with Crippen molar-refractivity contribution in [1.29, 1.82) is 0 Å². The number of nitrogens with zero attached hydrogens (tertiary/aromatic N) is 3. The van der Waals surface area contributed by atoms with Crippen LogP contribution in [-0.4, -0.2) is 39.6 Å². The number of piperidine rings is 1. The van der Waals surface area contributed by atoms with Gasteiger partial charge in [-0.15, -0.1) is 11.3 Å². The quantitative estimate of drug-likeness (QED) is 0.654. The van der Waals surface area contributed by atoms with Gasteiger partial charge >= 0.3 is 5.69 Å². The molecule has 31 heavy (non-hydrogen) atoms. The van der Waals surface area contributed by atoms with Crippen molar-refractivity contribution in [3.05, 3.63) is 67.4 Å². The van der Waals surface area contributed by atoms with E-state index in [9.17, 15) is 18.8 Å². The van der Waals surface area contributed by atoms with Crippen LogP contribution in [0.1, 0.15) is 28.1 Å². The van der Waals surface area contributed by atoms with Crippen LogP contribution < -0.4 is 16.6 Å². The highest BCUT2D eigenvalue weighted by atomic mass is 32.1. The molecule has 0 radical (unpaired) electrons. The van der Waals surface area contributed by atoms with Gasteiger partial charge in [0.2, 0.25) is 0 Å². The predicted molar refractivity (Wildman–Crippen MR) is 119 cm³/mol. The molecule has 1 saturated heterocycles. The van der Waals surface area contributed by atoms with Crippen molar-refractivity contribution in [1.82, 2.24) is 19.4 Å². The first-order chi connectivity index (χ1) is 14.8. The average Bonchev–Trinajstić information content (AvgIpc) is 3.23. The Hall–Kier alpha value is -2.78. The minimum absolute atomic E-state index is 0.174. The zero-order valence-corrected chi connectivity index (χ0v) is 18.4. The van der Waals surface area contributed by atoms with Gasteiger partial charge in [0.05, 0.1) is 10.3 Å². The number of aromatic nitrogens is 2. The average molecular weight is 445 g/mol. The zero-order chi connectivity index (χ0) is 22.1. The summed E-state index contributed by atoms with van der Waals surface area (Å²) in [4.78, 5) is 40.2. The number of fused-ring (bicyclic) bond motifs is 1. The van der Waals surface area contributed by atoms with E-state index in [0.29, 0.717) is 39.7 Å². The van der Waals surface area contributed by atoms with Crippen LogP contribution in [0.3, 0.4) is 0 Å². The number of nitrogens with one attached hydrogen (secondary N) is 1. The Bertz CT molecular complexity index is 1240. The summed E-state index contributed by atoms with van der Waals surface area (Å²) in [5.74, 6) is -0.0514. The van der Waals surface area contributed by atoms with Crippen LogP contribution in [0, 0.1) is 11.7 Å². The Morgan fingerprint density at radius 3 is 2.58 bits per heavy atom. The normalized spacial score (nSPS) is 15.5. The molecule has 3 heterocycles. The van der Waals surface area contributed by atoms with Crippen molar-refractivity contribution in [2.75, 3.05) is 19.6 Å². The van der Waals surface area contributed by atoms with E-state index in [-0.39, 0.29) is 11.7 Å². The second kappa shape index (κ2) is 8.76. The Balaban J connectivity index is 1.34. The fourth-order valence-corrected chi connectivity index (χ4v) is 5.04. The van der Waals surface area contributed by atoms with E-state index in [1.165, 1.54) is 17.7 Å². The number of carbonyl (C=O) groups excluding carboxylic acids is 1. The Kier molecular flexibility index (Phi) is 6.06. The molecule has 0 bridgehead atoms. The van der Waals surface area contributed by atoms with Crippen LogP contribution in [0.25, 0.3) is 10.2 Å². The van der Waals surface area contributed by atoms with E-state index in [1.54, 1.807) is 19.2 Å². The third-order valence-corrected chi connectivity index (χ3v) is 7.17. The molecule has 9 heteroatoms. The molecule has 4 rings (SSSR count). The fraction of sp³-hybridized carbons (Fsp3) is 0.409. The second-order valence-electron chi connectivity index (χ2n) is 8.06. The summed E-state index contributed by atoms with van der Waals surface area (Å²) in [6, 6.07) is 8.41. The highest BCUT2D eigenvalue weighted by Gasteiger charge is 2.22. The minimum atomic E-state index is -0.409. The molecule has 0 spiro atoms. The number of amides is 1. The lowest BCUT2D eigenvalue weighted by atomic mass is 9.96. The van der Waals surface area contributed by atoms with Crippen molar-refractivity contribution < 1.29 is 9.18 Å². The van der Waals surface area contributed by atoms with Crippen LogP contribution in [0.5, 0.6) is 0 Å². The predicted octanol–water partition coefficient (Wildman–Crippen LogP) is 2.08. The molecule has 2 aromatic heterocycles. The smallest absolute Gasteiger partial charge is 0.331 e. The summed E-state index contributed by atoms with van der Waals surface area (Å²) in [6.07, 6.45) is 1.85. The van der Waals surface area contributed by atoms with E-state index in [2.05, 4.69) is 10.2 Å². The van der Waals surface area contributed by atoms with Gasteiger partial charge in [-0.05, 0) is 44.0 Å². The molecule has 0 unspecified atom stereocenters. The maximum absolute atomic E-state index is 13.9. The van der Waals surface area contributed by atoms with E-state index < -0.39 is 11.2 Å². The van der Waals surface area contributed by atoms with Gasteiger partial charge in [-0.25, -0.2) is 9.18 Å². The second-order valence-corrected chi connectivity index (χ2v) is 9.09. The monoisotopic (exact) mass is 444 g/mol. The molecule has 1 fully saturated rings. The van der Waals surface area contributed by atoms with Crippen LogP contribution in [0.15, 0.2) is 39.9 Å². The Morgan fingerprint density at radius 1 is 1.16 bits per heavy atom. The Labute approximate surface area is 182 Å². The van der Waals surface area contributed by atoms with Crippen molar-refractivity contribution in [2.24, 2.45) is 20.0 Å². The van der Waals surface area contributed by atoms with Crippen LogP contribution in [0.2, 0.25) is 0 Å². The first-order valence-corrected chi connectivity index (χ1v) is 11.1. The van der Waals surface area contributed by atoms with Gasteiger partial charge in [0.25, 0.3) is 11.5 Å². The zero-order valence-electron chi connectivity index (χ0n) is 17.6. The number of likely N-dealkylation sites (tertiary alicyclic amines) is 1. The van der Waals surface area contributed by atoms with E-state index in [1.807, 2.05) is 12.1 Å². The van der Waals surface area contributed by atoms with Crippen LogP contribution >= 0.6 is 11.3 Å². The molecule has 1 N–H and O–H groups in total. The first kappa shape index (κ1) is 21.5. The number of thiophene rings is 1. The van der Waals surface area contributed by atoms with Crippen molar-refractivity contribution in [3.8, 4) is 0 Å². The molecular formula is C22H25FN4O3S. The molecule has 0 aliphatic carbocycles. The highest BCUT2D eigenvalue weighted by Crippen LogP contribution is 2.23. The third-order valence-electron chi connectivity index (χ3n) is 5.96. The van der Waals surface area contributed by atoms with Gasteiger partial charge < -0.3 is 5.32 Å². The molecule has 1 aliphatic heterocycles. The lowest BCUT2D eigenvalue weighted by molar-refractivity contribution is 0.0939. The van der Waals surface area contributed by atoms with Crippen molar-refractivity contribution in [2.45, 2.75) is 19.4 Å². The van der Waals surface area contributed by atoms with Crippen LogP contribution in [-0.2, 0) is 20.6 Å². The Morgan fingerprint density at radius 2 is 1.87 bits per heavy atom. The van der Waals surface area contributed by atoms with Gasteiger partial charge in [0.1, 0.15) is 10.6 Å². The number of hydrogen-bond acceptors (Lipinski definition) is 5. The maximum Gasteiger partial charge on any atom is 0.331 e. The number of aryl methyl sites for hydroxylation is 1. The molecule has 1 amide bonds. The van der Waals surface area contributed by atoms with E-state index in [0.717, 1.165) is 41.8 Å². The molecule has 0 atom stereocenters. The lowest BCUT2D eigenvalue weighted by Crippen LogP contribution is -2.38. The summed E-state index contributed by atoms with van der Waals surface area (Å²) >= 11 is 1.15. The van der Waals surface area contributed by atoms with E-state index in [4.69, 9.17) is 0 Å². The highest BCUT2D eigenvalue weighted by molar-refractivity contribution is 7.20. The van der Waals surface area contributed by atoms with Gasteiger partial charge in [0.15, 0.2) is 0 Å². The molecule has 7 nitrogen and oxygen atoms in total. The number of hydrogen-bond donors (Lipinski definition) is 1. The first-order valence-electron chi connectivity index (χ1n) is 10.3. The molecule has 164 valence electrons. The maximum atomic E-state index is 13.9. The third kappa shape index (κ3) is 4.33. The topological polar surface area (TPSA) is 76.3 Å². The van der Waals surface area contributed by atoms with Gasteiger partial charge in [0, 0.05) is 32.7 Å². The SMILES string of the molecule is Cn1c(=O)c2cc(C(=O)NCC3CCN(Cc4ccccc4F)CC3)sc2n(C)c1=O. The van der Waals surface area contributed by atoms with E-state index >= 15 is 0 Å². The van der Waals surface area contributed by atoms with Gasteiger partial charge in [-0.3, -0.25) is 23.6 Å². The molecule has 1 aromatic carbocycles. The minimum Gasteiger partial charge on any atom is -0.351 e. The molecule has 3 aromatic rings. The summed E-state index contributed by atoms with van der Waals surface area (Å²) in [5.41, 5.74) is -0.0939. The number of carbonyl (C=O) groups is 1.